The number of guanidine groups is 1. The van der Waals surface area contributed by atoms with Gasteiger partial charge in [-0.25, -0.2) is 0 Å². The van der Waals surface area contributed by atoms with Gasteiger partial charge in [0.1, 0.15) is 0 Å². The Hall–Kier alpha value is -2.08. The number of aliphatic imine (C=N–C) groups is 1. The van der Waals surface area contributed by atoms with E-state index in [0.29, 0.717) is 25.1 Å². The highest BCUT2D eigenvalue weighted by molar-refractivity contribution is 5.86. The Morgan fingerprint density at radius 3 is 2.71 bits per heavy atom. The molecule has 156 valence electrons. The van der Waals surface area contributed by atoms with Crippen LogP contribution in [0.3, 0.4) is 0 Å². The first kappa shape index (κ1) is 22.2. The van der Waals surface area contributed by atoms with Gasteiger partial charge in [0, 0.05) is 39.3 Å². The Morgan fingerprint density at radius 1 is 1.25 bits per heavy atom. The number of nitrogens with zero attached hydrogens (tertiary/aromatic N) is 3. The summed E-state index contributed by atoms with van der Waals surface area (Å²) in [6, 6.07) is 10.8. The van der Waals surface area contributed by atoms with Crippen LogP contribution < -0.4 is 10.6 Å². The second kappa shape index (κ2) is 12.4. The zero-order valence-corrected chi connectivity index (χ0v) is 17.8. The third-order valence-corrected chi connectivity index (χ3v) is 5.44. The second-order valence-corrected chi connectivity index (χ2v) is 7.48. The van der Waals surface area contributed by atoms with Crippen molar-refractivity contribution in [1.82, 2.24) is 20.4 Å². The first-order chi connectivity index (χ1) is 13.6. The van der Waals surface area contributed by atoms with Crippen LogP contribution in [0.25, 0.3) is 0 Å². The number of rotatable bonds is 9. The predicted molar refractivity (Wildman–Crippen MR) is 116 cm³/mol. The number of likely N-dealkylation sites (tertiary alicyclic amines) is 1. The topological polar surface area (TPSA) is 60.0 Å². The fraction of sp³-hybridized carbons (Fsp3) is 0.636. The molecule has 0 bridgehead atoms. The van der Waals surface area contributed by atoms with Gasteiger partial charge in [0.25, 0.3) is 0 Å². The first-order valence-electron chi connectivity index (χ1n) is 10.6. The van der Waals surface area contributed by atoms with Gasteiger partial charge in [0.05, 0.1) is 6.54 Å². The third kappa shape index (κ3) is 7.50. The summed E-state index contributed by atoms with van der Waals surface area (Å²) in [7, 11) is 1.74. The molecule has 0 spiro atoms. The minimum atomic E-state index is 0.0800. The van der Waals surface area contributed by atoms with Gasteiger partial charge in [-0.1, -0.05) is 36.8 Å². The second-order valence-electron chi connectivity index (χ2n) is 7.48. The van der Waals surface area contributed by atoms with E-state index >= 15 is 0 Å². The standard InChI is InChI=1S/C22H37N5O/c1-4-26(18-20-12-6-5-7-13-20)21(28)17-25-22(23-3)24-14-10-16-27-15-9-8-11-19(27)2/h5-7,12-13,19H,4,8-11,14-18H2,1-3H3,(H2,23,24,25). The highest BCUT2D eigenvalue weighted by Gasteiger charge is 2.17. The molecule has 6 heteroatoms. The summed E-state index contributed by atoms with van der Waals surface area (Å²) in [6.07, 6.45) is 5.07. The molecule has 1 aromatic rings. The van der Waals surface area contributed by atoms with E-state index in [9.17, 15) is 4.79 Å². The van der Waals surface area contributed by atoms with Crippen molar-refractivity contribution >= 4 is 11.9 Å². The van der Waals surface area contributed by atoms with Crippen LogP contribution in [0.2, 0.25) is 0 Å². The predicted octanol–water partition coefficient (Wildman–Crippen LogP) is 2.46. The van der Waals surface area contributed by atoms with Gasteiger partial charge < -0.3 is 20.4 Å². The van der Waals surface area contributed by atoms with Gasteiger partial charge in [-0.2, -0.15) is 0 Å². The van der Waals surface area contributed by atoms with Crippen molar-refractivity contribution in [2.45, 2.75) is 52.1 Å². The van der Waals surface area contributed by atoms with Crippen LogP contribution in [0.5, 0.6) is 0 Å². The van der Waals surface area contributed by atoms with E-state index in [1.165, 1.54) is 25.8 Å². The number of benzene rings is 1. The van der Waals surface area contributed by atoms with Gasteiger partial charge in [0.15, 0.2) is 5.96 Å². The average Bonchev–Trinajstić information content (AvgIpc) is 2.73. The van der Waals surface area contributed by atoms with Crippen molar-refractivity contribution in [3.05, 3.63) is 35.9 Å². The Balaban J connectivity index is 1.68. The monoisotopic (exact) mass is 387 g/mol. The minimum Gasteiger partial charge on any atom is -0.356 e. The Kier molecular flexibility index (Phi) is 9.83. The average molecular weight is 388 g/mol. The summed E-state index contributed by atoms with van der Waals surface area (Å²) >= 11 is 0. The van der Waals surface area contributed by atoms with Crippen LogP contribution >= 0.6 is 0 Å². The number of likely N-dealkylation sites (N-methyl/N-ethyl adjacent to an activating group) is 1. The molecule has 1 heterocycles. The maximum Gasteiger partial charge on any atom is 0.242 e. The molecule has 0 aliphatic carbocycles. The molecule has 1 fully saturated rings. The van der Waals surface area contributed by atoms with Crippen LogP contribution in [0, 0.1) is 0 Å². The largest absolute Gasteiger partial charge is 0.356 e. The van der Waals surface area contributed by atoms with Gasteiger partial charge >= 0.3 is 0 Å². The first-order valence-corrected chi connectivity index (χ1v) is 10.6. The molecule has 1 aliphatic rings. The number of nitrogens with one attached hydrogen (secondary N) is 2. The minimum absolute atomic E-state index is 0.0800. The molecule has 0 saturated carbocycles. The lowest BCUT2D eigenvalue weighted by Gasteiger charge is -2.33. The Bertz CT molecular complexity index is 604. The van der Waals surface area contributed by atoms with Gasteiger partial charge in [-0.05, 0) is 45.2 Å². The maximum atomic E-state index is 12.5. The summed E-state index contributed by atoms with van der Waals surface area (Å²) in [5, 5.41) is 6.48. The van der Waals surface area contributed by atoms with Gasteiger partial charge in [-0.3, -0.25) is 9.79 Å². The molecule has 0 radical (unpaired) electrons. The maximum absolute atomic E-state index is 12.5. The lowest BCUT2D eigenvalue weighted by molar-refractivity contribution is -0.130. The van der Waals surface area contributed by atoms with Crippen molar-refractivity contribution in [1.29, 1.82) is 0 Å². The number of carbonyl (C=O) groups is 1. The van der Waals surface area contributed by atoms with Crippen LogP contribution in [0.15, 0.2) is 35.3 Å². The molecule has 2 N–H and O–H groups in total. The van der Waals surface area contributed by atoms with Gasteiger partial charge in [0.2, 0.25) is 5.91 Å². The molecule has 2 rings (SSSR count). The molecule has 28 heavy (non-hydrogen) atoms. The number of piperidine rings is 1. The number of amides is 1. The highest BCUT2D eigenvalue weighted by Crippen LogP contribution is 2.16. The quantitative estimate of drug-likeness (QED) is 0.388. The lowest BCUT2D eigenvalue weighted by Crippen LogP contribution is -2.45. The fourth-order valence-corrected chi connectivity index (χ4v) is 3.65. The number of hydrogen-bond donors (Lipinski definition) is 2. The lowest BCUT2D eigenvalue weighted by atomic mass is 10.0. The van der Waals surface area contributed by atoms with Crippen molar-refractivity contribution in [2.75, 3.05) is 39.8 Å². The SMILES string of the molecule is CCN(Cc1ccccc1)C(=O)CNC(=NC)NCCCN1CCCCC1C. The van der Waals surface area contributed by atoms with E-state index in [1.54, 1.807) is 7.05 Å². The van der Waals surface area contributed by atoms with Crippen molar-refractivity contribution < 1.29 is 4.79 Å². The molecule has 1 amide bonds. The summed E-state index contributed by atoms with van der Waals surface area (Å²) in [5.74, 6) is 0.771. The summed E-state index contributed by atoms with van der Waals surface area (Å²) in [6.45, 7) is 9.11. The van der Waals surface area contributed by atoms with E-state index in [0.717, 1.165) is 25.1 Å². The third-order valence-electron chi connectivity index (χ3n) is 5.44. The molecular formula is C22H37N5O. The molecule has 6 nitrogen and oxygen atoms in total. The molecule has 1 unspecified atom stereocenters. The normalized spacial score (nSPS) is 18.0. The van der Waals surface area contributed by atoms with Crippen LogP contribution in [-0.2, 0) is 11.3 Å². The van der Waals surface area contributed by atoms with Crippen LogP contribution in [0.4, 0.5) is 0 Å². The highest BCUT2D eigenvalue weighted by atomic mass is 16.2. The molecule has 1 aliphatic heterocycles. The zero-order valence-electron chi connectivity index (χ0n) is 17.8. The summed E-state index contributed by atoms with van der Waals surface area (Å²) in [4.78, 5) is 21.2. The molecule has 0 aromatic heterocycles. The number of hydrogen-bond acceptors (Lipinski definition) is 3. The molecular weight excluding hydrogens is 350 g/mol. The zero-order chi connectivity index (χ0) is 20.2. The van der Waals surface area contributed by atoms with E-state index in [2.05, 4.69) is 27.4 Å². The van der Waals surface area contributed by atoms with Crippen LogP contribution in [-0.4, -0.2) is 67.5 Å². The van der Waals surface area contributed by atoms with Crippen molar-refractivity contribution in [2.24, 2.45) is 4.99 Å². The molecule has 1 atom stereocenters. The number of carbonyl (C=O) groups excluding carboxylic acids is 1. The van der Waals surface area contributed by atoms with Crippen LogP contribution in [0.1, 0.15) is 45.1 Å². The fourth-order valence-electron chi connectivity index (χ4n) is 3.65. The van der Waals surface area contributed by atoms with E-state index in [1.807, 2.05) is 42.2 Å². The molecule has 1 saturated heterocycles. The smallest absolute Gasteiger partial charge is 0.242 e. The van der Waals surface area contributed by atoms with Gasteiger partial charge in [-0.15, -0.1) is 0 Å². The van der Waals surface area contributed by atoms with Crippen molar-refractivity contribution in [3.8, 4) is 0 Å². The van der Waals surface area contributed by atoms with Crippen molar-refractivity contribution in [3.63, 3.8) is 0 Å². The van der Waals surface area contributed by atoms with E-state index in [-0.39, 0.29) is 12.5 Å². The Labute approximate surface area is 170 Å². The summed E-state index contributed by atoms with van der Waals surface area (Å²) in [5.41, 5.74) is 1.15. The summed E-state index contributed by atoms with van der Waals surface area (Å²) < 4.78 is 0. The van der Waals surface area contributed by atoms with E-state index < -0.39 is 0 Å². The Morgan fingerprint density at radius 2 is 2.04 bits per heavy atom. The van der Waals surface area contributed by atoms with E-state index in [4.69, 9.17) is 0 Å². The molecule has 1 aromatic carbocycles.